The van der Waals surface area contributed by atoms with Crippen LogP contribution in [0.1, 0.15) is 12.5 Å². The fourth-order valence-electron chi connectivity index (χ4n) is 1.29. The summed E-state index contributed by atoms with van der Waals surface area (Å²) in [5.41, 5.74) is 8.08. The molecule has 0 saturated carbocycles. The zero-order chi connectivity index (χ0) is 10.6. The van der Waals surface area contributed by atoms with Crippen molar-refractivity contribution in [1.82, 2.24) is 0 Å². The van der Waals surface area contributed by atoms with Crippen molar-refractivity contribution >= 4 is 11.8 Å². The van der Waals surface area contributed by atoms with Gasteiger partial charge in [-0.15, -0.1) is 0 Å². The van der Waals surface area contributed by atoms with Gasteiger partial charge in [0.05, 0.1) is 0 Å². The Kier molecular flexibility index (Phi) is 3.72. The van der Waals surface area contributed by atoms with E-state index in [-0.39, 0.29) is 6.04 Å². The summed E-state index contributed by atoms with van der Waals surface area (Å²) < 4.78 is 0. The third-order valence-electron chi connectivity index (χ3n) is 2.00. The number of nitrogens with two attached hydrogens (primary N) is 1. The van der Waals surface area contributed by atoms with E-state index in [9.17, 15) is 0 Å². The molecule has 0 aliphatic rings. The first-order valence-electron chi connectivity index (χ1n) is 4.81. The van der Waals surface area contributed by atoms with Crippen molar-refractivity contribution in [2.45, 2.75) is 13.0 Å². The monoisotopic (exact) mass is 190 g/mol. The first-order valence-corrected chi connectivity index (χ1v) is 4.81. The third kappa shape index (κ3) is 2.89. The fourth-order valence-corrected chi connectivity index (χ4v) is 1.29. The van der Waals surface area contributed by atoms with E-state index in [1.165, 1.54) is 11.3 Å². The van der Waals surface area contributed by atoms with Gasteiger partial charge in [-0.25, -0.2) is 0 Å². The van der Waals surface area contributed by atoms with Crippen LogP contribution >= 0.6 is 0 Å². The Morgan fingerprint density at radius 2 is 1.93 bits per heavy atom. The zero-order valence-electron chi connectivity index (χ0n) is 9.07. The molecule has 0 spiro atoms. The minimum atomic E-state index is 0.102. The molecule has 0 heterocycles. The second-order valence-corrected chi connectivity index (χ2v) is 3.67. The Labute approximate surface area is 86.0 Å². The molecule has 1 aromatic carbocycles. The Balaban J connectivity index is 2.96. The summed E-state index contributed by atoms with van der Waals surface area (Å²) in [7, 11) is 4.08. The molecule has 2 N–H and O–H groups in total. The van der Waals surface area contributed by atoms with Crippen molar-refractivity contribution in [1.29, 1.82) is 0 Å². The molecule has 1 rings (SSSR count). The topological polar surface area (TPSA) is 29.3 Å². The summed E-state index contributed by atoms with van der Waals surface area (Å²) in [6.07, 6.45) is 4.07. The Hall–Kier alpha value is -1.28. The number of nitrogens with zero attached hydrogens (tertiary/aromatic N) is 1. The molecule has 0 amide bonds. The normalized spacial score (nSPS) is 13.1. The van der Waals surface area contributed by atoms with Crippen molar-refractivity contribution in [2.24, 2.45) is 5.73 Å². The second-order valence-electron chi connectivity index (χ2n) is 3.67. The first-order chi connectivity index (χ1) is 6.61. The van der Waals surface area contributed by atoms with Gasteiger partial charge in [-0.3, -0.25) is 0 Å². The molecule has 1 atom stereocenters. The van der Waals surface area contributed by atoms with Gasteiger partial charge in [-0.05, 0) is 18.6 Å². The molecule has 1 aromatic rings. The van der Waals surface area contributed by atoms with Crippen LogP contribution in [0.5, 0.6) is 0 Å². The van der Waals surface area contributed by atoms with Crippen LogP contribution in [0.3, 0.4) is 0 Å². The van der Waals surface area contributed by atoms with Crippen LogP contribution in [-0.2, 0) is 0 Å². The number of anilines is 1. The third-order valence-corrected chi connectivity index (χ3v) is 2.00. The van der Waals surface area contributed by atoms with Crippen LogP contribution in [0.15, 0.2) is 30.3 Å². The largest absolute Gasteiger partial charge is 0.377 e. The standard InChI is InChI=1S/C12H18N2/c1-10(13)8-9-11-6-4-5-7-12(11)14(2)3/h4-10H,13H2,1-3H3/b9-8+. The lowest BCUT2D eigenvalue weighted by Gasteiger charge is -2.15. The molecule has 0 aliphatic heterocycles. The lowest BCUT2D eigenvalue weighted by Crippen LogP contribution is -2.11. The van der Waals surface area contributed by atoms with Gasteiger partial charge >= 0.3 is 0 Å². The summed E-state index contributed by atoms with van der Waals surface area (Å²) in [5, 5.41) is 0. The van der Waals surface area contributed by atoms with E-state index in [2.05, 4.69) is 23.1 Å². The maximum atomic E-state index is 5.67. The van der Waals surface area contributed by atoms with Gasteiger partial charge in [0.2, 0.25) is 0 Å². The molecule has 0 bridgehead atoms. The van der Waals surface area contributed by atoms with Crippen molar-refractivity contribution in [3.63, 3.8) is 0 Å². The summed E-state index contributed by atoms with van der Waals surface area (Å²) in [4.78, 5) is 2.10. The van der Waals surface area contributed by atoms with E-state index in [0.717, 1.165) is 0 Å². The minimum absolute atomic E-state index is 0.102. The molecule has 1 unspecified atom stereocenters. The van der Waals surface area contributed by atoms with Crippen molar-refractivity contribution < 1.29 is 0 Å². The predicted molar refractivity (Wildman–Crippen MR) is 63.5 cm³/mol. The molecule has 0 fully saturated rings. The van der Waals surface area contributed by atoms with E-state index in [1.54, 1.807) is 0 Å². The van der Waals surface area contributed by atoms with E-state index in [4.69, 9.17) is 5.73 Å². The fraction of sp³-hybridized carbons (Fsp3) is 0.333. The molecular weight excluding hydrogens is 172 g/mol. The number of hydrogen-bond donors (Lipinski definition) is 1. The highest BCUT2D eigenvalue weighted by atomic mass is 15.1. The van der Waals surface area contributed by atoms with Crippen LogP contribution in [0, 0.1) is 0 Å². The molecule has 76 valence electrons. The van der Waals surface area contributed by atoms with Crippen molar-refractivity contribution in [2.75, 3.05) is 19.0 Å². The van der Waals surface area contributed by atoms with E-state index in [1.807, 2.05) is 39.2 Å². The summed E-state index contributed by atoms with van der Waals surface area (Å²) in [5.74, 6) is 0. The number of para-hydroxylation sites is 1. The molecule has 0 radical (unpaired) electrons. The van der Waals surface area contributed by atoms with Crippen LogP contribution in [0.4, 0.5) is 5.69 Å². The van der Waals surface area contributed by atoms with Crippen LogP contribution in [-0.4, -0.2) is 20.1 Å². The predicted octanol–water partition coefficient (Wildman–Crippen LogP) is 2.11. The molecule has 0 aromatic heterocycles. The number of hydrogen-bond acceptors (Lipinski definition) is 2. The summed E-state index contributed by atoms with van der Waals surface area (Å²) in [6.45, 7) is 1.97. The maximum Gasteiger partial charge on any atom is 0.0434 e. The highest BCUT2D eigenvalue weighted by Crippen LogP contribution is 2.19. The van der Waals surface area contributed by atoms with Gasteiger partial charge < -0.3 is 10.6 Å². The van der Waals surface area contributed by atoms with Crippen LogP contribution in [0.25, 0.3) is 6.08 Å². The minimum Gasteiger partial charge on any atom is -0.377 e. The molecule has 14 heavy (non-hydrogen) atoms. The first kappa shape index (κ1) is 10.8. The lowest BCUT2D eigenvalue weighted by molar-refractivity contribution is 0.930. The Morgan fingerprint density at radius 1 is 1.29 bits per heavy atom. The zero-order valence-corrected chi connectivity index (χ0v) is 9.07. The lowest BCUT2D eigenvalue weighted by atomic mass is 10.1. The molecule has 2 nitrogen and oxygen atoms in total. The van der Waals surface area contributed by atoms with Crippen molar-refractivity contribution in [3.05, 3.63) is 35.9 Å². The quantitative estimate of drug-likeness (QED) is 0.791. The van der Waals surface area contributed by atoms with Gasteiger partial charge in [0.25, 0.3) is 0 Å². The Morgan fingerprint density at radius 3 is 2.50 bits per heavy atom. The van der Waals surface area contributed by atoms with Gasteiger partial charge in [0, 0.05) is 25.8 Å². The summed E-state index contributed by atoms with van der Waals surface area (Å²) >= 11 is 0. The molecule has 0 saturated heterocycles. The van der Waals surface area contributed by atoms with Crippen LogP contribution < -0.4 is 10.6 Å². The molecular formula is C12H18N2. The van der Waals surface area contributed by atoms with Crippen LogP contribution in [0.2, 0.25) is 0 Å². The van der Waals surface area contributed by atoms with Gasteiger partial charge in [0.15, 0.2) is 0 Å². The van der Waals surface area contributed by atoms with Gasteiger partial charge in [-0.2, -0.15) is 0 Å². The highest BCUT2D eigenvalue weighted by molar-refractivity contribution is 5.67. The number of rotatable bonds is 3. The van der Waals surface area contributed by atoms with Gasteiger partial charge in [-0.1, -0.05) is 30.4 Å². The second kappa shape index (κ2) is 4.82. The number of benzene rings is 1. The molecule has 0 aliphatic carbocycles. The van der Waals surface area contributed by atoms with Crippen molar-refractivity contribution in [3.8, 4) is 0 Å². The average molecular weight is 190 g/mol. The molecule has 2 heteroatoms. The smallest absolute Gasteiger partial charge is 0.0434 e. The SMILES string of the molecule is CC(N)/C=C/c1ccccc1N(C)C. The Bertz CT molecular complexity index is 314. The highest BCUT2D eigenvalue weighted by Gasteiger charge is 1.99. The van der Waals surface area contributed by atoms with E-state index < -0.39 is 0 Å². The van der Waals surface area contributed by atoms with E-state index in [0.29, 0.717) is 0 Å². The summed E-state index contributed by atoms with van der Waals surface area (Å²) in [6, 6.07) is 8.37. The average Bonchev–Trinajstić information content (AvgIpc) is 2.15. The van der Waals surface area contributed by atoms with Gasteiger partial charge in [0.1, 0.15) is 0 Å². The van der Waals surface area contributed by atoms with E-state index >= 15 is 0 Å². The maximum absolute atomic E-state index is 5.67.